The van der Waals surface area contributed by atoms with Gasteiger partial charge in [-0.25, -0.2) is 0 Å². The number of alkyl halides is 6. The Balaban J connectivity index is 1.56. The van der Waals surface area contributed by atoms with E-state index in [0.717, 1.165) is 35.4 Å². The van der Waals surface area contributed by atoms with Gasteiger partial charge in [0.2, 0.25) is 11.8 Å². The van der Waals surface area contributed by atoms with Crippen LogP contribution >= 0.6 is 0 Å². The van der Waals surface area contributed by atoms with Crippen molar-refractivity contribution in [2.75, 3.05) is 0 Å². The molecule has 0 aliphatic rings. The van der Waals surface area contributed by atoms with Crippen LogP contribution in [0.2, 0.25) is 0 Å². The van der Waals surface area contributed by atoms with Gasteiger partial charge in [0, 0.05) is 11.1 Å². The quantitative estimate of drug-likeness (QED) is 0.308. The second kappa shape index (κ2) is 8.14. The van der Waals surface area contributed by atoms with Gasteiger partial charge >= 0.3 is 12.4 Å². The summed E-state index contributed by atoms with van der Waals surface area (Å²) in [5.41, 5.74) is 1.92. The zero-order chi connectivity index (χ0) is 22.9. The molecule has 0 N–H and O–H groups in total. The van der Waals surface area contributed by atoms with Gasteiger partial charge in [0.05, 0.1) is 0 Å². The van der Waals surface area contributed by atoms with Gasteiger partial charge in [0.1, 0.15) is 0 Å². The number of benzene rings is 3. The smallest absolute Gasteiger partial charge is 0.404 e. The number of rotatable bonds is 4. The molecular weight excluding hydrogens is 434 g/mol. The van der Waals surface area contributed by atoms with Gasteiger partial charge in [-0.3, -0.25) is 0 Å². The van der Waals surface area contributed by atoms with Crippen LogP contribution < -0.4 is 0 Å². The first-order chi connectivity index (χ1) is 15.1. The van der Waals surface area contributed by atoms with E-state index in [-0.39, 0.29) is 17.3 Å². The van der Waals surface area contributed by atoms with Crippen molar-refractivity contribution in [3.05, 3.63) is 84.4 Å². The van der Waals surface area contributed by atoms with Crippen molar-refractivity contribution < 1.29 is 30.8 Å². The van der Waals surface area contributed by atoms with Crippen molar-refractivity contribution in [2.24, 2.45) is 0 Å². The fourth-order valence-electron chi connectivity index (χ4n) is 3.27. The normalized spacial score (nSPS) is 12.3. The second-order valence-electron chi connectivity index (χ2n) is 6.99. The third kappa shape index (κ3) is 4.51. The van der Waals surface area contributed by atoms with Gasteiger partial charge in [-0.15, -0.1) is 10.2 Å². The monoisotopic (exact) mass is 448 g/mol. The minimum Gasteiger partial charge on any atom is -0.416 e. The van der Waals surface area contributed by atoms with Gasteiger partial charge < -0.3 is 4.42 Å². The zero-order valence-electron chi connectivity index (χ0n) is 16.2. The highest BCUT2D eigenvalue weighted by Crippen LogP contribution is 2.46. The Bertz CT molecular complexity index is 1170. The first kappa shape index (κ1) is 21.6. The van der Waals surface area contributed by atoms with Crippen molar-refractivity contribution in [3.8, 4) is 34.0 Å². The molecule has 0 amide bonds. The van der Waals surface area contributed by atoms with Crippen LogP contribution in [0.4, 0.5) is 26.3 Å². The van der Waals surface area contributed by atoms with Crippen LogP contribution in [-0.4, -0.2) is 22.5 Å². The largest absolute Gasteiger partial charge is 0.416 e. The van der Waals surface area contributed by atoms with Gasteiger partial charge in [-0.05, 0) is 41.0 Å². The van der Waals surface area contributed by atoms with E-state index in [1.807, 2.05) is 42.5 Å². The van der Waals surface area contributed by atoms with E-state index in [1.165, 1.54) is 0 Å². The molecule has 0 aliphatic heterocycles. The lowest BCUT2D eigenvalue weighted by Gasteiger charge is -2.23. The molecule has 3 aromatic carbocycles. The van der Waals surface area contributed by atoms with Crippen molar-refractivity contribution in [1.29, 1.82) is 0 Å². The highest BCUT2D eigenvalue weighted by molar-refractivity contribution is 5.67. The van der Waals surface area contributed by atoms with Crippen LogP contribution in [0.3, 0.4) is 0 Å². The SMILES string of the molecule is FC(F)(F)C(c1ccc(-c2nnc(-c3ccc(-c4ccccc4)cc3)o2)cc1)C(F)(F)F. The molecule has 1 aromatic heterocycles. The minimum atomic E-state index is -5.46. The molecular formula is C23H14F6N2O. The van der Waals surface area contributed by atoms with Crippen molar-refractivity contribution in [2.45, 2.75) is 18.3 Å². The molecule has 0 fully saturated rings. The van der Waals surface area contributed by atoms with Crippen molar-refractivity contribution in [3.63, 3.8) is 0 Å². The van der Waals surface area contributed by atoms with E-state index in [0.29, 0.717) is 5.56 Å². The summed E-state index contributed by atoms with van der Waals surface area (Å²) in [6.07, 6.45) is -10.9. The molecule has 1 heterocycles. The van der Waals surface area contributed by atoms with E-state index in [9.17, 15) is 26.3 Å². The Kier molecular flexibility index (Phi) is 5.50. The maximum Gasteiger partial charge on any atom is 0.404 e. The number of aromatic nitrogens is 2. The van der Waals surface area contributed by atoms with Crippen molar-refractivity contribution >= 4 is 0 Å². The lowest BCUT2D eigenvalue weighted by atomic mass is 9.97. The summed E-state index contributed by atoms with van der Waals surface area (Å²) < 4.78 is 82.9. The van der Waals surface area contributed by atoms with Crippen LogP contribution in [0.25, 0.3) is 34.0 Å². The average molecular weight is 448 g/mol. The molecule has 0 bridgehead atoms. The van der Waals surface area contributed by atoms with E-state index in [1.54, 1.807) is 12.1 Å². The standard InChI is InChI=1S/C23H14F6N2O/c24-22(25,26)19(23(27,28)29)16-8-12-18(13-9-16)21-31-30-20(32-21)17-10-6-15(7-11-17)14-4-2-1-3-5-14/h1-13,19H. The first-order valence-electron chi connectivity index (χ1n) is 9.36. The molecule has 0 radical (unpaired) electrons. The molecule has 0 saturated heterocycles. The number of hydrogen-bond donors (Lipinski definition) is 0. The maximum absolute atomic E-state index is 12.9. The minimum absolute atomic E-state index is 0.0192. The lowest BCUT2D eigenvalue weighted by Crippen LogP contribution is -2.34. The highest BCUT2D eigenvalue weighted by atomic mass is 19.4. The number of hydrogen-bond acceptors (Lipinski definition) is 3. The third-order valence-electron chi connectivity index (χ3n) is 4.81. The Hall–Kier alpha value is -3.62. The molecule has 0 spiro atoms. The van der Waals surface area contributed by atoms with Crippen LogP contribution in [0.5, 0.6) is 0 Å². The molecule has 0 atom stereocenters. The van der Waals surface area contributed by atoms with Crippen LogP contribution in [-0.2, 0) is 0 Å². The van der Waals surface area contributed by atoms with Crippen LogP contribution in [0.1, 0.15) is 11.5 Å². The maximum atomic E-state index is 12.9. The van der Waals surface area contributed by atoms with E-state index in [2.05, 4.69) is 10.2 Å². The Labute approximate surface area is 178 Å². The van der Waals surface area contributed by atoms with E-state index >= 15 is 0 Å². The summed E-state index contributed by atoms with van der Waals surface area (Å²) in [6, 6.07) is 20.7. The molecule has 4 aromatic rings. The molecule has 9 heteroatoms. The third-order valence-corrected chi connectivity index (χ3v) is 4.81. The summed E-state index contributed by atoms with van der Waals surface area (Å²) in [7, 11) is 0. The van der Waals surface area contributed by atoms with Gasteiger partial charge in [0.15, 0.2) is 5.92 Å². The van der Waals surface area contributed by atoms with E-state index < -0.39 is 23.8 Å². The Morgan fingerprint density at radius 1 is 0.531 bits per heavy atom. The fraction of sp³-hybridized carbons (Fsp3) is 0.130. The predicted molar refractivity (Wildman–Crippen MR) is 105 cm³/mol. The van der Waals surface area contributed by atoms with Gasteiger partial charge in [0.25, 0.3) is 0 Å². The lowest BCUT2D eigenvalue weighted by molar-refractivity contribution is -0.253. The number of halogens is 6. The molecule has 0 unspecified atom stereocenters. The molecule has 164 valence electrons. The summed E-state index contributed by atoms with van der Waals surface area (Å²) in [4.78, 5) is 0. The summed E-state index contributed by atoms with van der Waals surface area (Å²) in [6.45, 7) is 0. The average Bonchev–Trinajstić information content (AvgIpc) is 3.23. The van der Waals surface area contributed by atoms with Gasteiger partial charge in [-0.1, -0.05) is 54.6 Å². The topological polar surface area (TPSA) is 38.9 Å². The van der Waals surface area contributed by atoms with Crippen LogP contribution in [0, 0.1) is 0 Å². The van der Waals surface area contributed by atoms with Gasteiger partial charge in [-0.2, -0.15) is 26.3 Å². The molecule has 0 saturated carbocycles. The van der Waals surface area contributed by atoms with E-state index in [4.69, 9.17) is 4.42 Å². The molecule has 0 aliphatic carbocycles. The number of nitrogens with zero attached hydrogens (tertiary/aromatic N) is 2. The first-order valence-corrected chi connectivity index (χ1v) is 9.36. The highest BCUT2D eigenvalue weighted by Gasteiger charge is 2.57. The fourth-order valence-corrected chi connectivity index (χ4v) is 3.27. The summed E-state index contributed by atoms with van der Waals surface area (Å²) >= 11 is 0. The Morgan fingerprint density at radius 3 is 1.41 bits per heavy atom. The summed E-state index contributed by atoms with van der Waals surface area (Å²) in [5, 5.41) is 7.78. The zero-order valence-corrected chi connectivity index (χ0v) is 16.2. The second-order valence-corrected chi connectivity index (χ2v) is 6.99. The molecule has 4 rings (SSSR count). The summed E-state index contributed by atoms with van der Waals surface area (Å²) in [5.74, 6) is -3.41. The molecule has 32 heavy (non-hydrogen) atoms. The molecule has 3 nitrogen and oxygen atoms in total. The van der Waals surface area contributed by atoms with Crippen molar-refractivity contribution in [1.82, 2.24) is 10.2 Å². The predicted octanol–water partition coefficient (Wildman–Crippen LogP) is 7.28. The Morgan fingerprint density at radius 2 is 0.938 bits per heavy atom. The van der Waals surface area contributed by atoms with Crippen LogP contribution in [0.15, 0.2) is 83.3 Å².